The standard InChI is InChI=1S/C21H23N3O4/c1-4-21(16-8-6-5-7-9-16)19(26)24(20(27)22-21)23-18(25)13-28-17-11-10-14(2)15(3)12-17/h5-12H,4,13H2,1-3H3,(H,22,27)(H,23,25)/t21-/m1/s1. The Morgan fingerprint density at radius 3 is 2.46 bits per heavy atom. The Labute approximate surface area is 163 Å². The number of benzene rings is 2. The van der Waals surface area contributed by atoms with E-state index in [0.717, 1.165) is 16.1 Å². The number of imide groups is 1. The van der Waals surface area contributed by atoms with Gasteiger partial charge in [-0.2, -0.15) is 5.01 Å². The molecule has 4 amide bonds. The van der Waals surface area contributed by atoms with E-state index in [4.69, 9.17) is 4.74 Å². The molecule has 2 N–H and O–H groups in total. The van der Waals surface area contributed by atoms with Crippen molar-refractivity contribution in [1.29, 1.82) is 0 Å². The average molecular weight is 381 g/mol. The summed E-state index contributed by atoms with van der Waals surface area (Å²) < 4.78 is 5.47. The Kier molecular flexibility index (Phi) is 5.35. The predicted molar refractivity (Wildman–Crippen MR) is 103 cm³/mol. The minimum atomic E-state index is -1.19. The largest absolute Gasteiger partial charge is 0.484 e. The van der Waals surface area contributed by atoms with Crippen LogP contribution in [-0.2, 0) is 15.1 Å². The Bertz CT molecular complexity index is 913. The van der Waals surface area contributed by atoms with Crippen LogP contribution < -0.4 is 15.5 Å². The van der Waals surface area contributed by atoms with E-state index >= 15 is 0 Å². The van der Waals surface area contributed by atoms with Crippen molar-refractivity contribution in [1.82, 2.24) is 15.8 Å². The van der Waals surface area contributed by atoms with Gasteiger partial charge in [-0.05, 0) is 49.1 Å². The van der Waals surface area contributed by atoms with Crippen LogP contribution in [0.1, 0.15) is 30.0 Å². The maximum Gasteiger partial charge on any atom is 0.344 e. The van der Waals surface area contributed by atoms with Gasteiger partial charge in [0.2, 0.25) is 0 Å². The molecule has 7 heteroatoms. The fraction of sp³-hybridized carbons (Fsp3) is 0.286. The lowest BCUT2D eigenvalue weighted by Gasteiger charge is -2.25. The molecular formula is C21H23N3O4. The van der Waals surface area contributed by atoms with E-state index in [1.165, 1.54) is 0 Å². The van der Waals surface area contributed by atoms with Gasteiger partial charge in [0.1, 0.15) is 11.3 Å². The maximum absolute atomic E-state index is 12.9. The molecule has 146 valence electrons. The third-order valence-electron chi connectivity index (χ3n) is 4.97. The molecule has 1 fully saturated rings. The molecule has 1 aliphatic rings. The summed E-state index contributed by atoms with van der Waals surface area (Å²) in [5.74, 6) is -0.574. The highest BCUT2D eigenvalue weighted by Crippen LogP contribution is 2.31. The lowest BCUT2D eigenvalue weighted by atomic mass is 9.87. The Morgan fingerprint density at radius 2 is 1.82 bits per heavy atom. The highest BCUT2D eigenvalue weighted by atomic mass is 16.5. The molecule has 28 heavy (non-hydrogen) atoms. The lowest BCUT2D eigenvalue weighted by molar-refractivity contribution is -0.140. The van der Waals surface area contributed by atoms with Crippen molar-refractivity contribution in [2.75, 3.05) is 6.61 Å². The molecule has 0 radical (unpaired) electrons. The van der Waals surface area contributed by atoms with Gasteiger partial charge in [0.05, 0.1) is 0 Å². The summed E-state index contributed by atoms with van der Waals surface area (Å²) >= 11 is 0. The minimum Gasteiger partial charge on any atom is -0.484 e. The molecule has 7 nitrogen and oxygen atoms in total. The zero-order chi connectivity index (χ0) is 20.3. The van der Waals surface area contributed by atoms with Crippen LogP contribution in [0.3, 0.4) is 0 Å². The number of ether oxygens (including phenoxy) is 1. The van der Waals surface area contributed by atoms with Gasteiger partial charge in [0.15, 0.2) is 6.61 Å². The number of aryl methyl sites for hydroxylation is 2. The van der Waals surface area contributed by atoms with Gasteiger partial charge < -0.3 is 10.1 Å². The van der Waals surface area contributed by atoms with Crippen LogP contribution in [0.2, 0.25) is 0 Å². The topological polar surface area (TPSA) is 87.7 Å². The summed E-state index contributed by atoms with van der Waals surface area (Å²) in [6.45, 7) is 5.42. The first-order valence-electron chi connectivity index (χ1n) is 9.09. The van der Waals surface area contributed by atoms with Gasteiger partial charge >= 0.3 is 6.03 Å². The molecule has 1 saturated heterocycles. The van der Waals surface area contributed by atoms with Gasteiger partial charge in [0.25, 0.3) is 11.8 Å². The predicted octanol–water partition coefficient (Wildman–Crippen LogP) is 2.57. The smallest absolute Gasteiger partial charge is 0.344 e. The molecule has 2 aromatic rings. The van der Waals surface area contributed by atoms with Gasteiger partial charge in [-0.1, -0.05) is 43.3 Å². The molecule has 1 heterocycles. The van der Waals surface area contributed by atoms with Gasteiger partial charge in [-0.25, -0.2) is 4.79 Å². The summed E-state index contributed by atoms with van der Waals surface area (Å²) in [6.07, 6.45) is 0.354. The number of amides is 4. The highest BCUT2D eigenvalue weighted by Gasteiger charge is 2.52. The third-order valence-corrected chi connectivity index (χ3v) is 4.97. The van der Waals surface area contributed by atoms with Gasteiger partial charge in [-0.3, -0.25) is 15.0 Å². The number of carbonyl (C=O) groups is 3. The molecule has 0 bridgehead atoms. The van der Waals surface area contributed by atoms with Gasteiger partial charge in [0, 0.05) is 0 Å². The van der Waals surface area contributed by atoms with Crippen LogP contribution in [0, 0.1) is 13.8 Å². The highest BCUT2D eigenvalue weighted by molar-refractivity contribution is 6.08. The molecule has 0 saturated carbocycles. The molecule has 0 unspecified atom stereocenters. The maximum atomic E-state index is 12.9. The van der Waals surface area contributed by atoms with E-state index < -0.39 is 23.4 Å². The number of rotatable bonds is 6. The molecule has 0 spiro atoms. The van der Waals surface area contributed by atoms with Crippen molar-refractivity contribution in [3.63, 3.8) is 0 Å². The summed E-state index contributed by atoms with van der Waals surface area (Å²) in [5.41, 5.74) is 3.98. The zero-order valence-electron chi connectivity index (χ0n) is 16.1. The second-order valence-corrected chi connectivity index (χ2v) is 6.77. The summed E-state index contributed by atoms with van der Waals surface area (Å²) in [4.78, 5) is 37.6. The van der Waals surface area contributed by atoms with Crippen LogP contribution in [0.25, 0.3) is 0 Å². The first-order chi connectivity index (χ1) is 13.4. The molecular weight excluding hydrogens is 358 g/mol. The van der Waals surface area contributed by atoms with Crippen molar-refractivity contribution in [2.45, 2.75) is 32.7 Å². The molecule has 0 aromatic heterocycles. The van der Waals surface area contributed by atoms with Crippen LogP contribution in [0.15, 0.2) is 48.5 Å². The number of nitrogens with one attached hydrogen (secondary N) is 2. The fourth-order valence-electron chi connectivity index (χ4n) is 3.15. The number of hydrogen-bond donors (Lipinski definition) is 2. The van der Waals surface area contributed by atoms with Crippen LogP contribution in [0.4, 0.5) is 4.79 Å². The van der Waals surface area contributed by atoms with E-state index in [-0.39, 0.29) is 6.61 Å². The monoisotopic (exact) mass is 381 g/mol. The number of urea groups is 1. The van der Waals surface area contributed by atoms with Crippen molar-refractivity contribution in [3.8, 4) is 5.75 Å². The van der Waals surface area contributed by atoms with E-state index in [1.807, 2.05) is 32.0 Å². The number of nitrogens with zero attached hydrogens (tertiary/aromatic N) is 1. The van der Waals surface area contributed by atoms with Crippen molar-refractivity contribution in [2.24, 2.45) is 0 Å². The molecule has 2 aromatic carbocycles. The minimum absolute atomic E-state index is 0.315. The van der Waals surface area contributed by atoms with E-state index in [1.54, 1.807) is 37.3 Å². The molecule has 0 aliphatic carbocycles. The Balaban J connectivity index is 1.68. The first-order valence-corrected chi connectivity index (χ1v) is 9.09. The second-order valence-electron chi connectivity index (χ2n) is 6.77. The number of hydrazine groups is 1. The van der Waals surface area contributed by atoms with Crippen LogP contribution in [-0.4, -0.2) is 29.5 Å². The lowest BCUT2D eigenvalue weighted by Crippen LogP contribution is -2.49. The second kappa shape index (κ2) is 7.72. The first kappa shape index (κ1) is 19.4. The molecule has 3 rings (SSSR count). The Hall–Kier alpha value is -3.35. The summed E-state index contributed by atoms with van der Waals surface area (Å²) in [6, 6.07) is 13.8. The average Bonchev–Trinajstić information content (AvgIpc) is 2.94. The SMILES string of the molecule is CC[C@]1(c2ccccc2)NC(=O)N(NC(=O)COc2ccc(C)c(C)c2)C1=O. The normalized spacial score (nSPS) is 18.8. The van der Waals surface area contributed by atoms with Gasteiger partial charge in [-0.15, -0.1) is 0 Å². The van der Waals surface area contributed by atoms with Crippen LogP contribution >= 0.6 is 0 Å². The van der Waals surface area contributed by atoms with Crippen molar-refractivity contribution >= 4 is 17.8 Å². The quantitative estimate of drug-likeness (QED) is 0.753. The van der Waals surface area contributed by atoms with E-state index in [9.17, 15) is 14.4 Å². The van der Waals surface area contributed by atoms with Crippen LogP contribution in [0.5, 0.6) is 5.75 Å². The van der Waals surface area contributed by atoms with E-state index in [0.29, 0.717) is 17.7 Å². The third kappa shape index (κ3) is 3.55. The van der Waals surface area contributed by atoms with Crippen molar-refractivity contribution in [3.05, 3.63) is 65.2 Å². The van der Waals surface area contributed by atoms with Crippen molar-refractivity contribution < 1.29 is 19.1 Å². The fourth-order valence-corrected chi connectivity index (χ4v) is 3.15. The van der Waals surface area contributed by atoms with E-state index in [2.05, 4.69) is 10.7 Å². The Morgan fingerprint density at radius 1 is 1.11 bits per heavy atom. The summed E-state index contributed by atoms with van der Waals surface area (Å²) in [5, 5.41) is 3.43. The molecule has 1 atom stereocenters. The molecule has 1 aliphatic heterocycles. The zero-order valence-corrected chi connectivity index (χ0v) is 16.1. The summed E-state index contributed by atoms with van der Waals surface area (Å²) in [7, 11) is 0. The number of carbonyl (C=O) groups excluding carboxylic acids is 3. The number of hydrogen-bond acceptors (Lipinski definition) is 4.